The number of amides is 1. The molecule has 0 aliphatic heterocycles. The number of methoxy groups -OCH3 is 1. The van der Waals surface area contributed by atoms with E-state index in [9.17, 15) is 14.9 Å². The highest BCUT2D eigenvalue weighted by molar-refractivity contribution is 9.10. The summed E-state index contributed by atoms with van der Waals surface area (Å²) in [6, 6.07) is 16.9. The first-order valence-electron chi connectivity index (χ1n) is 10.1. The second kappa shape index (κ2) is 10.9. The predicted molar refractivity (Wildman–Crippen MR) is 140 cm³/mol. The molecular formula is C24H17BrClN3O5S. The largest absolute Gasteiger partial charge is 0.493 e. The van der Waals surface area contributed by atoms with Crippen LogP contribution < -0.4 is 14.9 Å². The number of halogens is 2. The molecule has 0 saturated carbocycles. The molecule has 0 radical (unpaired) electrons. The molecule has 3 aromatic carbocycles. The van der Waals surface area contributed by atoms with Crippen molar-refractivity contribution in [3.05, 3.63) is 96.3 Å². The number of nitrogens with zero attached hydrogens (tertiary/aromatic N) is 2. The lowest BCUT2D eigenvalue weighted by atomic mass is 10.2. The van der Waals surface area contributed by atoms with Gasteiger partial charge in [-0.2, -0.15) is 5.10 Å². The Balaban J connectivity index is 1.44. The highest BCUT2D eigenvalue weighted by Gasteiger charge is 2.14. The van der Waals surface area contributed by atoms with Crippen LogP contribution in [0.4, 0.5) is 5.69 Å². The van der Waals surface area contributed by atoms with Crippen LogP contribution in [0.2, 0.25) is 5.02 Å². The van der Waals surface area contributed by atoms with Gasteiger partial charge in [0, 0.05) is 27.2 Å². The van der Waals surface area contributed by atoms with Gasteiger partial charge in [-0.3, -0.25) is 14.9 Å². The van der Waals surface area contributed by atoms with Crippen molar-refractivity contribution in [2.45, 2.75) is 6.61 Å². The Morgan fingerprint density at radius 2 is 1.97 bits per heavy atom. The standard InChI is InChI=1S/C24H17BrClN3O5S/c1-33-20-9-15(8-19(25)23(20)34-13-14-2-4-17(26)5-3-14)12-27-28-24(30)22-11-16-10-18(29(31)32)6-7-21(16)35-22/h2-12H,13H2,1H3,(H,28,30)/b27-12-. The maximum atomic E-state index is 12.5. The van der Waals surface area contributed by atoms with Gasteiger partial charge < -0.3 is 9.47 Å². The predicted octanol–water partition coefficient (Wildman–Crippen LogP) is 6.58. The summed E-state index contributed by atoms with van der Waals surface area (Å²) in [5.74, 6) is 0.606. The fraction of sp³-hybridized carbons (Fsp3) is 0.0833. The number of nitro benzene ring substituents is 1. The van der Waals surface area contributed by atoms with Gasteiger partial charge in [-0.15, -0.1) is 11.3 Å². The Bertz CT molecular complexity index is 1440. The molecule has 1 N–H and O–H groups in total. The quantitative estimate of drug-likeness (QED) is 0.146. The van der Waals surface area contributed by atoms with Gasteiger partial charge in [-0.05, 0) is 63.5 Å². The average molecular weight is 575 g/mol. The number of benzene rings is 3. The van der Waals surface area contributed by atoms with Crippen LogP contribution in [-0.2, 0) is 6.61 Å². The number of hydrazone groups is 1. The van der Waals surface area contributed by atoms with Gasteiger partial charge in [-0.25, -0.2) is 5.43 Å². The lowest BCUT2D eigenvalue weighted by Gasteiger charge is -2.13. The molecule has 0 atom stereocenters. The third-order valence-electron chi connectivity index (χ3n) is 4.86. The van der Waals surface area contributed by atoms with Crippen molar-refractivity contribution in [3.63, 3.8) is 0 Å². The van der Waals surface area contributed by atoms with Crippen LogP contribution in [0.5, 0.6) is 11.5 Å². The molecule has 1 aromatic heterocycles. The summed E-state index contributed by atoms with van der Waals surface area (Å²) in [6.07, 6.45) is 1.48. The van der Waals surface area contributed by atoms with E-state index in [0.717, 1.165) is 10.3 Å². The lowest BCUT2D eigenvalue weighted by Crippen LogP contribution is -2.16. The summed E-state index contributed by atoms with van der Waals surface area (Å²) in [7, 11) is 1.53. The number of carbonyl (C=O) groups excluding carboxylic acids is 1. The number of thiophene rings is 1. The van der Waals surface area contributed by atoms with Crippen LogP contribution in [0.15, 0.2) is 70.2 Å². The first kappa shape index (κ1) is 24.6. The molecule has 4 aromatic rings. The zero-order valence-corrected chi connectivity index (χ0v) is 21.3. The molecule has 35 heavy (non-hydrogen) atoms. The minimum absolute atomic E-state index is 0.0274. The molecule has 1 heterocycles. The highest BCUT2D eigenvalue weighted by Crippen LogP contribution is 2.37. The maximum Gasteiger partial charge on any atom is 0.281 e. The molecule has 1 amide bonds. The van der Waals surface area contributed by atoms with Gasteiger partial charge in [0.05, 0.1) is 27.6 Å². The van der Waals surface area contributed by atoms with Crippen molar-refractivity contribution < 1.29 is 19.2 Å². The second-order valence-corrected chi connectivity index (χ2v) is 9.61. The Kier molecular flexibility index (Phi) is 7.64. The Labute approximate surface area is 217 Å². The molecule has 0 saturated heterocycles. The Morgan fingerprint density at radius 3 is 2.69 bits per heavy atom. The van der Waals surface area contributed by atoms with Gasteiger partial charge in [0.15, 0.2) is 11.5 Å². The van der Waals surface area contributed by atoms with Crippen molar-refractivity contribution in [1.29, 1.82) is 0 Å². The van der Waals surface area contributed by atoms with Gasteiger partial charge in [0.2, 0.25) is 0 Å². The topological polar surface area (TPSA) is 103 Å². The summed E-state index contributed by atoms with van der Waals surface area (Å²) >= 11 is 10.6. The van der Waals surface area contributed by atoms with E-state index >= 15 is 0 Å². The lowest BCUT2D eigenvalue weighted by molar-refractivity contribution is -0.384. The van der Waals surface area contributed by atoms with Crippen molar-refractivity contribution in [2.24, 2.45) is 5.10 Å². The van der Waals surface area contributed by atoms with E-state index in [-0.39, 0.29) is 5.69 Å². The molecule has 0 aliphatic carbocycles. The van der Waals surface area contributed by atoms with E-state index in [1.54, 1.807) is 36.4 Å². The van der Waals surface area contributed by atoms with Gasteiger partial charge >= 0.3 is 0 Å². The SMILES string of the molecule is COc1cc(/C=N\NC(=O)c2cc3cc([N+](=O)[O-])ccc3s2)cc(Br)c1OCc1ccc(Cl)cc1. The van der Waals surface area contributed by atoms with Crippen molar-refractivity contribution in [1.82, 2.24) is 5.43 Å². The fourth-order valence-electron chi connectivity index (χ4n) is 3.17. The van der Waals surface area contributed by atoms with E-state index in [1.807, 2.05) is 12.1 Å². The number of rotatable bonds is 8. The number of nitro groups is 1. The number of carbonyl (C=O) groups is 1. The average Bonchev–Trinajstić information content (AvgIpc) is 3.27. The molecule has 4 rings (SSSR count). The smallest absolute Gasteiger partial charge is 0.281 e. The minimum atomic E-state index is -0.471. The van der Waals surface area contributed by atoms with Gasteiger partial charge in [0.1, 0.15) is 6.61 Å². The van der Waals surface area contributed by atoms with Crippen LogP contribution in [0.25, 0.3) is 10.1 Å². The molecule has 0 bridgehead atoms. The van der Waals surface area contributed by atoms with Crippen LogP contribution in [0.1, 0.15) is 20.8 Å². The fourth-order valence-corrected chi connectivity index (χ4v) is 4.80. The number of fused-ring (bicyclic) bond motifs is 1. The first-order valence-corrected chi connectivity index (χ1v) is 12.1. The van der Waals surface area contributed by atoms with E-state index in [0.29, 0.717) is 43.4 Å². The zero-order chi connectivity index (χ0) is 24.9. The third-order valence-corrected chi connectivity index (χ3v) is 6.82. The molecule has 0 fully saturated rings. The number of hydrogen-bond acceptors (Lipinski definition) is 7. The number of non-ortho nitro benzene ring substituents is 1. The molecule has 0 spiro atoms. The van der Waals surface area contributed by atoms with E-state index < -0.39 is 10.8 Å². The second-order valence-electron chi connectivity index (χ2n) is 7.24. The summed E-state index contributed by atoms with van der Waals surface area (Å²) in [5, 5.41) is 16.3. The molecule has 0 aliphatic rings. The van der Waals surface area contributed by atoms with Crippen LogP contribution in [0.3, 0.4) is 0 Å². The molecule has 178 valence electrons. The molecule has 8 nitrogen and oxygen atoms in total. The van der Waals surface area contributed by atoms with Gasteiger partial charge in [-0.1, -0.05) is 23.7 Å². The van der Waals surface area contributed by atoms with E-state index in [4.69, 9.17) is 21.1 Å². The summed E-state index contributed by atoms with van der Waals surface area (Å²) < 4.78 is 12.8. The molecular weight excluding hydrogens is 558 g/mol. The van der Waals surface area contributed by atoms with Gasteiger partial charge in [0.25, 0.3) is 11.6 Å². The highest BCUT2D eigenvalue weighted by atomic mass is 79.9. The van der Waals surface area contributed by atoms with Crippen LogP contribution >= 0.6 is 38.9 Å². The zero-order valence-electron chi connectivity index (χ0n) is 18.2. The number of ether oxygens (including phenoxy) is 2. The van der Waals surface area contributed by atoms with E-state index in [2.05, 4.69) is 26.5 Å². The first-order chi connectivity index (χ1) is 16.8. The van der Waals surface area contributed by atoms with Crippen molar-refractivity contribution >= 4 is 66.8 Å². The number of nitrogens with one attached hydrogen (secondary N) is 1. The molecule has 0 unspecified atom stereocenters. The maximum absolute atomic E-state index is 12.5. The number of hydrogen-bond donors (Lipinski definition) is 1. The summed E-state index contributed by atoms with van der Waals surface area (Å²) in [5.41, 5.74) is 4.07. The Morgan fingerprint density at radius 1 is 1.20 bits per heavy atom. The van der Waals surface area contributed by atoms with Crippen molar-refractivity contribution in [2.75, 3.05) is 7.11 Å². The monoisotopic (exact) mass is 573 g/mol. The van der Waals surface area contributed by atoms with E-state index in [1.165, 1.54) is 36.8 Å². The van der Waals surface area contributed by atoms with Crippen molar-refractivity contribution in [3.8, 4) is 11.5 Å². The van der Waals surface area contributed by atoms with Crippen LogP contribution in [0, 0.1) is 10.1 Å². The third kappa shape index (κ3) is 5.97. The molecule has 11 heteroatoms. The van der Waals surface area contributed by atoms with Crippen LogP contribution in [-0.4, -0.2) is 24.2 Å². The summed E-state index contributed by atoms with van der Waals surface area (Å²) in [4.78, 5) is 23.4. The summed E-state index contributed by atoms with van der Waals surface area (Å²) in [6.45, 7) is 0.327. The Hall–Kier alpha value is -3.47. The minimum Gasteiger partial charge on any atom is -0.493 e. The normalized spacial score (nSPS) is 11.1.